The number of nitrogens with zero attached hydrogens (tertiary/aromatic N) is 1. The van der Waals surface area contributed by atoms with Gasteiger partial charge in [-0.2, -0.15) is 0 Å². The molecule has 2 rings (SSSR count). The van der Waals surface area contributed by atoms with Gasteiger partial charge < -0.3 is 5.32 Å². The van der Waals surface area contributed by atoms with Gasteiger partial charge in [-0.25, -0.2) is 0 Å². The van der Waals surface area contributed by atoms with E-state index in [-0.39, 0.29) is 0 Å². The molecule has 0 aliphatic carbocycles. The Morgan fingerprint density at radius 1 is 1.05 bits per heavy atom. The van der Waals surface area contributed by atoms with E-state index in [1.807, 2.05) is 0 Å². The van der Waals surface area contributed by atoms with Crippen molar-refractivity contribution >= 4 is 0 Å². The van der Waals surface area contributed by atoms with E-state index in [4.69, 9.17) is 0 Å². The second-order valence-corrected chi connectivity index (χ2v) is 6.78. The second kappa shape index (κ2) is 7.95. The van der Waals surface area contributed by atoms with E-state index in [9.17, 15) is 0 Å². The highest BCUT2D eigenvalue weighted by Gasteiger charge is 2.24. The van der Waals surface area contributed by atoms with E-state index in [2.05, 4.69) is 62.2 Å². The molecular weight excluding hydrogens is 256 g/mol. The zero-order valence-corrected chi connectivity index (χ0v) is 14.2. The lowest BCUT2D eigenvalue weighted by Gasteiger charge is -2.32. The van der Waals surface area contributed by atoms with E-state index < -0.39 is 0 Å². The molecule has 0 radical (unpaired) electrons. The van der Waals surface area contributed by atoms with E-state index >= 15 is 0 Å². The lowest BCUT2D eigenvalue weighted by Crippen LogP contribution is -2.44. The molecule has 118 valence electrons. The van der Waals surface area contributed by atoms with Crippen molar-refractivity contribution in [2.24, 2.45) is 5.92 Å². The predicted molar refractivity (Wildman–Crippen MR) is 91.7 cm³/mol. The van der Waals surface area contributed by atoms with E-state index in [0.717, 1.165) is 13.0 Å². The zero-order chi connectivity index (χ0) is 15.2. The lowest BCUT2D eigenvalue weighted by molar-refractivity contribution is 0.183. The number of nitrogens with one attached hydrogen (secondary N) is 1. The molecule has 1 fully saturated rings. The summed E-state index contributed by atoms with van der Waals surface area (Å²) in [5.74, 6) is 0.713. The summed E-state index contributed by atoms with van der Waals surface area (Å²) in [5.41, 5.74) is 2.82. The van der Waals surface area contributed by atoms with Crippen LogP contribution in [0.15, 0.2) is 24.3 Å². The SMILES string of the molecule is CCc1ccc(C(C)NCC(C(C)C)N2CCCC2)cc1. The van der Waals surface area contributed by atoms with Crippen LogP contribution in [0.1, 0.15) is 57.7 Å². The molecule has 0 amide bonds. The van der Waals surface area contributed by atoms with Crippen LogP contribution in [0.4, 0.5) is 0 Å². The van der Waals surface area contributed by atoms with Crippen molar-refractivity contribution in [3.63, 3.8) is 0 Å². The van der Waals surface area contributed by atoms with Crippen LogP contribution >= 0.6 is 0 Å². The Balaban J connectivity index is 1.89. The largest absolute Gasteiger partial charge is 0.309 e. The molecule has 2 atom stereocenters. The summed E-state index contributed by atoms with van der Waals surface area (Å²) in [7, 11) is 0. The molecule has 2 heteroatoms. The van der Waals surface area contributed by atoms with Crippen LogP contribution in [-0.2, 0) is 6.42 Å². The molecule has 1 aliphatic heterocycles. The van der Waals surface area contributed by atoms with Crippen molar-refractivity contribution in [3.8, 4) is 0 Å². The highest BCUT2D eigenvalue weighted by atomic mass is 15.2. The summed E-state index contributed by atoms with van der Waals surface area (Å²) in [4.78, 5) is 2.67. The molecule has 1 aromatic rings. The van der Waals surface area contributed by atoms with E-state index in [1.165, 1.54) is 37.1 Å². The van der Waals surface area contributed by atoms with Crippen molar-refractivity contribution in [3.05, 3.63) is 35.4 Å². The molecule has 0 spiro atoms. The number of benzene rings is 1. The molecule has 0 bridgehead atoms. The molecule has 0 saturated carbocycles. The number of hydrogen-bond donors (Lipinski definition) is 1. The smallest absolute Gasteiger partial charge is 0.0292 e. The van der Waals surface area contributed by atoms with Gasteiger partial charge in [0.05, 0.1) is 0 Å². The van der Waals surface area contributed by atoms with Gasteiger partial charge in [0.15, 0.2) is 0 Å². The predicted octanol–water partition coefficient (Wildman–Crippen LogP) is 4.02. The number of likely N-dealkylation sites (tertiary alicyclic amines) is 1. The molecule has 2 nitrogen and oxygen atoms in total. The van der Waals surface area contributed by atoms with Crippen LogP contribution in [0.25, 0.3) is 0 Å². The Hall–Kier alpha value is -0.860. The fourth-order valence-electron chi connectivity index (χ4n) is 3.32. The van der Waals surface area contributed by atoms with Crippen molar-refractivity contribution < 1.29 is 0 Å². The van der Waals surface area contributed by atoms with Gasteiger partial charge in [0, 0.05) is 18.6 Å². The first-order valence-corrected chi connectivity index (χ1v) is 8.68. The average molecular weight is 288 g/mol. The van der Waals surface area contributed by atoms with Gasteiger partial charge in [0.2, 0.25) is 0 Å². The topological polar surface area (TPSA) is 15.3 Å². The molecule has 1 heterocycles. The molecule has 1 aliphatic rings. The lowest BCUT2D eigenvalue weighted by atomic mass is 10.0. The minimum atomic E-state index is 0.430. The van der Waals surface area contributed by atoms with Gasteiger partial charge in [0.1, 0.15) is 0 Å². The molecular formula is C19H32N2. The summed E-state index contributed by atoms with van der Waals surface area (Å²) >= 11 is 0. The summed E-state index contributed by atoms with van der Waals surface area (Å²) in [5, 5.41) is 3.75. The normalized spacial score (nSPS) is 19.1. The molecule has 1 saturated heterocycles. The van der Waals surface area contributed by atoms with Crippen LogP contribution in [0.3, 0.4) is 0 Å². The van der Waals surface area contributed by atoms with Crippen LogP contribution < -0.4 is 5.32 Å². The third-order valence-electron chi connectivity index (χ3n) is 4.90. The van der Waals surface area contributed by atoms with Gasteiger partial charge in [-0.15, -0.1) is 0 Å². The average Bonchev–Trinajstić information content (AvgIpc) is 3.01. The van der Waals surface area contributed by atoms with E-state index in [1.54, 1.807) is 0 Å². The minimum Gasteiger partial charge on any atom is -0.309 e. The minimum absolute atomic E-state index is 0.430. The van der Waals surface area contributed by atoms with Gasteiger partial charge in [-0.3, -0.25) is 4.90 Å². The molecule has 2 unspecified atom stereocenters. The summed E-state index contributed by atoms with van der Waals surface area (Å²) in [6.45, 7) is 12.8. The second-order valence-electron chi connectivity index (χ2n) is 6.78. The Morgan fingerprint density at radius 3 is 2.19 bits per heavy atom. The van der Waals surface area contributed by atoms with Crippen LogP contribution in [0.5, 0.6) is 0 Å². The Kier molecular flexibility index (Phi) is 6.25. The Bertz CT molecular complexity index is 404. The summed E-state index contributed by atoms with van der Waals surface area (Å²) in [6.07, 6.45) is 3.86. The van der Waals surface area contributed by atoms with E-state index in [0.29, 0.717) is 18.0 Å². The quantitative estimate of drug-likeness (QED) is 0.815. The van der Waals surface area contributed by atoms with Crippen LogP contribution in [0, 0.1) is 5.92 Å². The molecule has 1 aromatic carbocycles. The van der Waals surface area contributed by atoms with Crippen molar-refractivity contribution in [1.82, 2.24) is 10.2 Å². The Morgan fingerprint density at radius 2 is 1.67 bits per heavy atom. The summed E-state index contributed by atoms with van der Waals surface area (Å²) in [6, 6.07) is 10.2. The fraction of sp³-hybridized carbons (Fsp3) is 0.684. The standard InChI is InChI=1S/C19H32N2/c1-5-17-8-10-18(11-9-17)16(4)20-14-19(15(2)3)21-12-6-7-13-21/h8-11,15-16,19-20H,5-7,12-14H2,1-4H3. The van der Waals surface area contributed by atoms with Crippen molar-refractivity contribution in [1.29, 1.82) is 0 Å². The first-order valence-electron chi connectivity index (χ1n) is 8.68. The van der Waals surface area contributed by atoms with Crippen molar-refractivity contribution in [2.75, 3.05) is 19.6 Å². The third-order valence-corrected chi connectivity index (χ3v) is 4.90. The van der Waals surface area contributed by atoms with Crippen molar-refractivity contribution in [2.45, 2.75) is 59.0 Å². The highest BCUT2D eigenvalue weighted by Crippen LogP contribution is 2.19. The molecule has 21 heavy (non-hydrogen) atoms. The highest BCUT2D eigenvalue weighted by molar-refractivity contribution is 5.24. The maximum Gasteiger partial charge on any atom is 0.0292 e. The monoisotopic (exact) mass is 288 g/mol. The number of rotatable bonds is 7. The number of aryl methyl sites for hydroxylation is 1. The van der Waals surface area contributed by atoms with Gasteiger partial charge >= 0.3 is 0 Å². The van der Waals surface area contributed by atoms with Gasteiger partial charge in [-0.05, 0) is 56.3 Å². The van der Waals surface area contributed by atoms with Crippen LogP contribution in [0.2, 0.25) is 0 Å². The molecule has 1 N–H and O–H groups in total. The maximum absolute atomic E-state index is 3.75. The Labute approximate surface area is 130 Å². The number of hydrogen-bond acceptors (Lipinski definition) is 2. The summed E-state index contributed by atoms with van der Waals surface area (Å²) < 4.78 is 0. The van der Waals surface area contributed by atoms with Crippen LogP contribution in [-0.4, -0.2) is 30.6 Å². The third kappa shape index (κ3) is 4.55. The zero-order valence-electron chi connectivity index (χ0n) is 14.2. The fourth-order valence-corrected chi connectivity index (χ4v) is 3.32. The first kappa shape index (κ1) is 16.5. The maximum atomic E-state index is 3.75. The first-order chi connectivity index (χ1) is 10.1. The van der Waals surface area contributed by atoms with Gasteiger partial charge in [0.25, 0.3) is 0 Å². The van der Waals surface area contributed by atoms with Gasteiger partial charge in [-0.1, -0.05) is 45.0 Å². The molecule has 0 aromatic heterocycles.